The topological polar surface area (TPSA) is 62.8 Å². The summed E-state index contributed by atoms with van der Waals surface area (Å²) in [5, 5.41) is 11.1. The van der Waals surface area contributed by atoms with Gasteiger partial charge in [-0.05, 0) is 33.7 Å². The van der Waals surface area contributed by atoms with Crippen LogP contribution in [-0.4, -0.2) is 46.7 Å². The van der Waals surface area contributed by atoms with Crippen LogP contribution in [0, 0.1) is 6.92 Å². The van der Waals surface area contributed by atoms with Crippen molar-refractivity contribution in [3.63, 3.8) is 0 Å². The lowest BCUT2D eigenvalue weighted by Gasteiger charge is -2.07. The molecule has 0 unspecified atom stereocenters. The minimum Gasteiger partial charge on any atom is -0.379 e. The van der Waals surface area contributed by atoms with Crippen LogP contribution in [0.5, 0.6) is 0 Å². The highest BCUT2D eigenvalue weighted by molar-refractivity contribution is 7.99. The minimum atomic E-state index is 0.333. The van der Waals surface area contributed by atoms with Crippen LogP contribution in [0.2, 0.25) is 0 Å². The number of nitrogens with zero attached hydrogens (tertiary/aromatic N) is 2. The average Bonchev–Trinajstić information content (AvgIpc) is 2.68. The van der Waals surface area contributed by atoms with Gasteiger partial charge in [0.15, 0.2) is 0 Å². The number of hydrogen-bond donors (Lipinski definition) is 2. The molecule has 0 aliphatic heterocycles. The second-order valence-electron chi connectivity index (χ2n) is 4.07. The summed E-state index contributed by atoms with van der Waals surface area (Å²) < 4.78 is 5.45. The van der Waals surface area contributed by atoms with E-state index in [-0.39, 0.29) is 0 Å². The standard InChI is InChI=1S/C11H22N4OS/c1-9(2)16-7-4-5-12-6-8-17-11-13-10(3)14-15-11/h9,12H,4-8H2,1-3H3,(H,13,14,15). The maximum atomic E-state index is 5.45. The first kappa shape index (κ1) is 14.5. The van der Waals surface area contributed by atoms with Crippen molar-refractivity contribution in [1.29, 1.82) is 0 Å². The Morgan fingerprint density at radius 1 is 1.41 bits per heavy atom. The molecule has 0 radical (unpaired) electrons. The zero-order valence-corrected chi connectivity index (χ0v) is 11.6. The third kappa shape index (κ3) is 7.36. The number of rotatable bonds is 9. The van der Waals surface area contributed by atoms with Crippen molar-refractivity contribution in [1.82, 2.24) is 20.5 Å². The van der Waals surface area contributed by atoms with E-state index < -0.39 is 0 Å². The van der Waals surface area contributed by atoms with Crippen LogP contribution >= 0.6 is 11.8 Å². The third-order valence-corrected chi connectivity index (χ3v) is 2.88. The second-order valence-corrected chi connectivity index (χ2v) is 5.14. The van der Waals surface area contributed by atoms with Crippen molar-refractivity contribution < 1.29 is 4.74 Å². The van der Waals surface area contributed by atoms with Gasteiger partial charge in [0, 0.05) is 18.9 Å². The Balaban J connectivity index is 1.88. The van der Waals surface area contributed by atoms with E-state index in [4.69, 9.17) is 4.74 Å². The number of thioether (sulfide) groups is 1. The van der Waals surface area contributed by atoms with E-state index >= 15 is 0 Å². The molecule has 0 bridgehead atoms. The van der Waals surface area contributed by atoms with E-state index in [0.29, 0.717) is 6.10 Å². The van der Waals surface area contributed by atoms with Crippen molar-refractivity contribution in [2.24, 2.45) is 0 Å². The van der Waals surface area contributed by atoms with Crippen LogP contribution in [0.3, 0.4) is 0 Å². The summed E-state index contributed by atoms with van der Waals surface area (Å²) in [6.07, 6.45) is 1.39. The number of ether oxygens (including phenoxy) is 1. The van der Waals surface area contributed by atoms with Gasteiger partial charge >= 0.3 is 0 Å². The van der Waals surface area contributed by atoms with Crippen molar-refractivity contribution in [2.75, 3.05) is 25.4 Å². The molecule has 0 spiro atoms. The smallest absolute Gasteiger partial charge is 0.208 e. The van der Waals surface area contributed by atoms with Gasteiger partial charge in [0.05, 0.1) is 6.10 Å². The monoisotopic (exact) mass is 258 g/mol. The summed E-state index contributed by atoms with van der Waals surface area (Å²) >= 11 is 1.66. The zero-order valence-electron chi connectivity index (χ0n) is 10.8. The van der Waals surface area contributed by atoms with Gasteiger partial charge in [-0.25, -0.2) is 4.98 Å². The van der Waals surface area contributed by atoms with Crippen molar-refractivity contribution in [3.8, 4) is 0 Å². The molecule has 1 heterocycles. The highest BCUT2D eigenvalue weighted by Crippen LogP contribution is 2.10. The summed E-state index contributed by atoms with van der Waals surface area (Å²) in [5.74, 6) is 1.86. The first-order chi connectivity index (χ1) is 8.18. The Morgan fingerprint density at radius 2 is 2.24 bits per heavy atom. The first-order valence-corrected chi connectivity index (χ1v) is 7.01. The van der Waals surface area contributed by atoms with Gasteiger partial charge in [-0.2, -0.15) is 0 Å². The van der Waals surface area contributed by atoms with Gasteiger partial charge in [0.2, 0.25) is 5.16 Å². The van der Waals surface area contributed by atoms with E-state index in [2.05, 4.69) is 34.3 Å². The van der Waals surface area contributed by atoms with Gasteiger partial charge in [0.1, 0.15) is 5.82 Å². The fourth-order valence-electron chi connectivity index (χ4n) is 1.24. The summed E-state index contributed by atoms with van der Waals surface area (Å²) in [6.45, 7) is 8.83. The molecule has 98 valence electrons. The van der Waals surface area contributed by atoms with Crippen LogP contribution < -0.4 is 5.32 Å². The fraction of sp³-hybridized carbons (Fsp3) is 0.818. The Morgan fingerprint density at radius 3 is 2.88 bits per heavy atom. The lowest BCUT2D eigenvalue weighted by molar-refractivity contribution is 0.0772. The highest BCUT2D eigenvalue weighted by Gasteiger charge is 1.99. The molecule has 1 aromatic rings. The van der Waals surface area contributed by atoms with Crippen molar-refractivity contribution in [3.05, 3.63) is 5.82 Å². The molecule has 0 amide bonds. The van der Waals surface area contributed by atoms with E-state index in [1.807, 2.05) is 6.92 Å². The molecule has 0 aliphatic carbocycles. The van der Waals surface area contributed by atoms with Crippen LogP contribution in [0.1, 0.15) is 26.1 Å². The molecule has 2 N–H and O–H groups in total. The second kappa shape index (κ2) is 8.49. The molecule has 6 heteroatoms. The largest absolute Gasteiger partial charge is 0.379 e. The fourth-order valence-corrected chi connectivity index (χ4v) is 1.98. The van der Waals surface area contributed by atoms with Crippen LogP contribution in [-0.2, 0) is 4.74 Å². The zero-order chi connectivity index (χ0) is 12.5. The molecule has 0 aromatic carbocycles. The first-order valence-electron chi connectivity index (χ1n) is 6.02. The average molecular weight is 258 g/mol. The van der Waals surface area contributed by atoms with E-state index in [1.54, 1.807) is 11.8 Å². The number of aromatic nitrogens is 3. The van der Waals surface area contributed by atoms with Crippen LogP contribution in [0.25, 0.3) is 0 Å². The molecular formula is C11H22N4OS. The summed E-state index contributed by atoms with van der Waals surface area (Å²) in [5.41, 5.74) is 0. The molecule has 0 aliphatic rings. The van der Waals surface area contributed by atoms with Crippen molar-refractivity contribution in [2.45, 2.75) is 38.5 Å². The molecule has 0 saturated heterocycles. The normalized spacial score (nSPS) is 11.3. The number of aromatic amines is 1. The maximum Gasteiger partial charge on any atom is 0.208 e. The Hall–Kier alpha value is -0.590. The summed E-state index contributed by atoms with van der Waals surface area (Å²) in [6, 6.07) is 0. The van der Waals surface area contributed by atoms with Gasteiger partial charge in [-0.15, -0.1) is 5.10 Å². The number of nitrogens with one attached hydrogen (secondary N) is 2. The lowest BCUT2D eigenvalue weighted by atomic mass is 10.4. The van der Waals surface area contributed by atoms with Crippen LogP contribution in [0.4, 0.5) is 0 Å². The molecule has 1 aromatic heterocycles. The molecular weight excluding hydrogens is 236 g/mol. The number of hydrogen-bond acceptors (Lipinski definition) is 5. The van der Waals surface area contributed by atoms with E-state index in [1.165, 1.54) is 0 Å². The molecule has 17 heavy (non-hydrogen) atoms. The molecule has 0 saturated carbocycles. The maximum absolute atomic E-state index is 5.45. The minimum absolute atomic E-state index is 0.333. The SMILES string of the molecule is Cc1nc(SCCNCCCOC(C)C)n[nH]1. The third-order valence-electron chi connectivity index (χ3n) is 2.04. The van der Waals surface area contributed by atoms with Gasteiger partial charge in [-0.3, -0.25) is 5.10 Å². The van der Waals surface area contributed by atoms with E-state index in [0.717, 1.165) is 42.9 Å². The lowest BCUT2D eigenvalue weighted by Crippen LogP contribution is -2.20. The Kier molecular flexibility index (Phi) is 7.23. The summed E-state index contributed by atoms with van der Waals surface area (Å²) in [7, 11) is 0. The van der Waals surface area contributed by atoms with Gasteiger partial charge in [-0.1, -0.05) is 11.8 Å². The summed E-state index contributed by atoms with van der Waals surface area (Å²) in [4.78, 5) is 4.23. The van der Waals surface area contributed by atoms with Gasteiger partial charge < -0.3 is 10.1 Å². The molecule has 0 atom stereocenters. The Labute approximate surface area is 107 Å². The Bertz CT molecular complexity index is 303. The number of H-pyrrole nitrogens is 1. The predicted molar refractivity (Wildman–Crippen MR) is 70.4 cm³/mol. The van der Waals surface area contributed by atoms with Crippen LogP contribution in [0.15, 0.2) is 5.16 Å². The predicted octanol–water partition coefficient (Wildman–Crippen LogP) is 1.61. The molecule has 1 rings (SSSR count). The quantitative estimate of drug-likeness (QED) is 0.520. The van der Waals surface area contributed by atoms with Crippen molar-refractivity contribution >= 4 is 11.8 Å². The highest BCUT2D eigenvalue weighted by atomic mass is 32.2. The number of aryl methyl sites for hydroxylation is 1. The molecule has 0 fully saturated rings. The van der Waals surface area contributed by atoms with Gasteiger partial charge in [0.25, 0.3) is 0 Å². The molecule has 5 nitrogen and oxygen atoms in total. The van der Waals surface area contributed by atoms with E-state index in [9.17, 15) is 0 Å².